The first-order valence-corrected chi connectivity index (χ1v) is 14.0. The molecule has 4 heterocycles. The van der Waals surface area contributed by atoms with Crippen LogP contribution in [0.4, 0.5) is 0 Å². The van der Waals surface area contributed by atoms with E-state index in [1.807, 2.05) is 0 Å². The SMILES string of the molecule is c1ccc(C[n+]2cccc3cc4c(nc32)C2Cc3cc5ccc[n+](Cc6ccccc6)c5nc3C(C4)C2)cc1. The fourth-order valence-electron chi connectivity index (χ4n) is 6.81. The van der Waals surface area contributed by atoms with Crippen molar-refractivity contribution >= 4 is 22.1 Å². The Labute approximate surface area is 228 Å². The molecule has 0 amide bonds. The zero-order valence-corrected chi connectivity index (χ0v) is 21.9. The molecule has 2 atom stereocenters. The highest BCUT2D eigenvalue weighted by Crippen LogP contribution is 2.46. The van der Waals surface area contributed by atoms with Gasteiger partial charge in [0.1, 0.15) is 13.1 Å². The highest BCUT2D eigenvalue weighted by Gasteiger charge is 2.41. The van der Waals surface area contributed by atoms with Crippen LogP contribution in [0.25, 0.3) is 22.1 Å². The van der Waals surface area contributed by atoms with Crippen LogP contribution in [0.15, 0.2) is 109 Å². The van der Waals surface area contributed by atoms with E-state index in [1.54, 1.807) is 0 Å². The van der Waals surface area contributed by atoms with E-state index in [0.717, 1.165) is 43.6 Å². The van der Waals surface area contributed by atoms with Gasteiger partial charge in [-0.3, -0.25) is 0 Å². The van der Waals surface area contributed by atoms with Gasteiger partial charge < -0.3 is 0 Å². The first-order valence-electron chi connectivity index (χ1n) is 14.0. The van der Waals surface area contributed by atoms with E-state index in [1.165, 1.54) is 44.4 Å². The van der Waals surface area contributed by atoms with Gasteiger partial charge in [0.15, 0.2) is 11.4 Å². The van der Waals surface area contributed by atoms with Crippen LogP contribution < -0.4 is 9.13 Å². The summed E-state index contributed by atoms with van der Waals surface area (Å²) in [6, 6.07) is 34.9. The van der Waals surface area contributed by atoms with E-state index in [-0.39, 0.29) is 0 Å². The Bertz CT molecular complexity index is 1710. The van der Waals surface area contributed by atoms with E-state index in [2.05, 4.69) is 119 Å². The van der Waals surface area contributed by atoms with Crippen LogP contribution in [0.3, 0.4) is 0 Å². The number of fused-ring (bicyclic) bond motifs is 8. The molecule has 0 saturated carbocycles. The van der Waals surface area contributed by atoms with Gasteiger partial charge in [-0.2, -0.15) is 0 Å². The molecule has 8 rings (SSSR count). The summed E-state index contributed by atoms with van der Waals surface area (Å²) in [4.78, 5) is 10.7. The van der Waals surface area contributed by atoms with Gasteiger partial charge in [-0.1, -0.05) is 60.7 Å². The molecule has 2 unspecified atom stereocenters. The molecule has 0 radical (unpaired) electrons. The molecule has 0 fully saturated rings. The lowest BCUT2D eigenvalue weighted by molar-refractivity contribution is -0.664. The highest BCUT2D eigenvalue weighted by atomic mass is 15.0. The van der Waals surface area contributed by atoms with Crippen LogP contribution in [0.2, 0.25) is 0 Å². The number of nitrogens with zero attached hydrogens (tertiary/aromatic N) is 4. The lowest BCUT2D eigenvalue weighted by Gasteiger charge is -2.32. The molecule has 0 saturated heterocycles. The third kappa shape index (κ3) is 3.99. The Morgan fingerprint density at radius 1 is 0.564 bits per heavy atom. The molecule has 0 aliphatic heterocycles. The summed E-state index contributed by atoms with van der Waals surface area (Å²) in [6.07, 6.45) is 7.49. The quantitative estimate of drug-likeness (QED) is 0.282. The zero-order valence-electron chi connectivity index (χ0n) is 21.9. The van der Waals surface area contributed by atoms with Gasteiger partial charge in [-0.05, 0) is 76.8 Å². The van der Waals surface area contributed by atoms with Crippen LogP contribution >= 0.6 is 0 Å². The van der Waals surface area contributed by atoms with Crippen LogP contribution in [0.1, 0.15) is 51.9 Å². The molecule has 188 valence electrons. The Morgan fingerprint density at radius 2 is 1.03 bits per heavy atom. The summed E-state index contributed by atoms with van der Waals surface area (Å²) in [5, 5.41) is 2.44. The average Bonchev–Trinajstić information content (AvgIpc) is 2.97. The topological polar surface area (TPSA) is 33.5 Å². The lowest BCUT2D eigenvalue weighted by Crippen LogP contribution is -2.37. The van der Waals surface area contributed by atoms with E-state index in [9.17, 15) is 0 Å². The van der Waals surface area contributed by atoms with Gasteiger partial charge in [-0.25, -0.2) is 9.13 Å². The molecule has 2 aromatic carbocycles. The number of benzene rings is 2. The number of aromatic nitrogens is 4. The van der Waals surface area contributed by atoms with Gasteiger partial charge in [0, 0.05) is 23.0 Å². The second kappa shape index (κ2) is 9.09. The summed E-state index contributed by atoms with van der Waals surface area (Å²) in [5.74, 6) is 0.890. The molecular formula is C35H30N4+2. The van der Waals surface area contributed by atoms with Crippen molar-refractivity contribution in [2.24, 2.45) is 0 Å². The summed E-state index contributed by atoms with van der Waals surface area (Å²) in [6.45, 7) is 1.66. The fourth-order valence-corrected chi connectivity index (χ4v) is 6.81. The second-order valence-electron chi connectivity index (χ2n) is 11.2. The highest BCUT2D eigenvalue weighted by molar-refractivity contribution is 5.75. The first-order chi connectivity index (χ1) is 19.3. The monoisotopic (exact) mass is 506 g/mol. The average molecular weight is 507 g/mol. The minimum Gasteiger partial charge on any atom is -0.226 e. The Kier molecular flexibility index (Phi) is 5.25. The molecule has 4 heteroatoms. The van der Waals surface area contributed by atoms with Crippen molar-refractivity contribution in [2.75, 3.05) is 0 Å². The van der Waals surface area contributed by atoms with Crippen LogP contribution in [-0.4, -0.2) is 9.97 Å². The van der Waals surface area contributed by atoms with Crippen LogP contribution in [0, 0.1) is 0 Å². The maximum absolute atomic E-state index is 5.37. The van der Waals surface area contributed by atoms with Gasteiger partial charge >= 0.3 is 11.3 Å². The van der Waals surface area contributed by atoms with Crippen molar-refractivity contribution in [1.29, 1.82) is 0 Å². The van der Waals surface area contributed by atoms with Gasteiger partial charge in [0.2, 0.25) is 0 Å². The van der Waals surface area contributed by atoms with Crippen molar-refractivity contribution < 1.29 is 9.13 Å². The third-order valence-corrected chi connectivity index (χ3v) is 8.58. The minimum absolute atomic E-state index is 0.445. The first kappa shape index (κ1) is 22.5. The zero-order chi connectivity index (χ0) is 25.8. The molecule has 2 aliphatic rings. The van der Waals surface area contributed by atoms with Crippen LogP contribution in [0.5, 0.6) is 0 Å². The summed E-state index contributed by atoms with van der Waals surface area (Å²) in [7, 11) is 0. The lowest BCUT2D eigenvalue weighted by atomic mass is 9.70. The normalized spacial score (nSPS) is 17.6. The van der Waals surface area contributed by atoms with Crippen molar-refractivity contribution in [1.82, 2.24) is 9.97 Å². The molecule has 0 spiro atoms. The van der Waals surface area contributed by atoms with Gasteiger partial charge in [-0.15, -0.1) is 0 Å². The second-order valence-corrected chi connectivity index (χ2v) is 11.2. The Morgan fingerprint density at radius 3 is 1.49 bits per heavy atom. The van der Waals surface area contributed by atoms with E-state index >= 15 is 0 Å². The van der Waals surface area contributed by atoms with E-state index in [0.29, 0.717) is 11.8 Å². The largest absolute Gasteiger partial charge is 0.330 e. The van der Waals surface area contributed by atoms with E-state index < -0.39 is 0 Å². The predicted molar refractivity (Wildman–Crippen MR) is 152 cm³/mol. The van der Waals surface area contributed by atoms with Crippen LogP contribution in [-0.2, 0) is 25.9 Å². The predicted octanol–water partition coefficient (Wildman–Crippen LogP) is 5.82. The fraction of sp³-hybridized carbons (Fsp3) is 0.200. The molecular weight excluding hydrogens is 476 g/mol. The number of pyridine rings is 4. The molecule has 6 aromatic rings. The third-order valence-electron chi connectivity index (χ3n) is 8.58. The maximum Gasteiger partial charge on any atom is 0.330 e. The number of hydrogen-bond donors (Lipinski definition) is 0. The Hall–Kier alpha value is -4.44. The standard InChI is InChI=1S/C35H30N4/c1-3-9-24(10-4-1)22-38-15-7-13-26-17-28-19-31-21-30(32(28)36-34(26)38)20-29-18-27-14-8-16-39(35(27)37-33(29)31)23-25-11-5-2-6-12-25/h1-18,30-31H,19-23H2/q+2. The molecule has 39 heavy (non-hydrogen) atoms. The molecule has 2 bridgehead atoms. The molecule has 0 N–H and O–H groups in total. The van der Waals surface area contributed by atoms with Gasteiger partial charge in [0.05, 0.1) is 23.2 Å². The van der Waals surface area contributed by atoms with Gasteiger partial charge in [0.25, 0.3) is 0 Å². The summed E-state index contributed by atoms with van der Waals surface area (Å²) >= 11 is 0. The molecule has 4 aromatic heterocycles. The maximum atomic E-state index is 5.37. The van der Waals surface area contributed by atoms with Crippen molar-refractivity contribution in [3.8, 4) is 0 Å². The summed E-state index contributed by atoms with van der Waals surface area (Å²) in [5.41, 5.74) is 10.2. The van der Waals surface area contributed by atoms with E-state index in [4.69, 9.17) is 9.97 Å². The summed E-state index contributed by atoms with van der Waals surface area (Å²) < 4.78 is 4.60. The number of hydrogen-bond acceptors (Lipinski definition) is 2. The van der Waals surface area contributed by atoms with Crippen molar-refractivity contribution in [2.45, 2.75) is 44.2 Å². The van der Waals surface area contributed by atoms with Crippen molar-refractivity contribution in [3.05, 3.63) is 143 Å². The Balaban J connectivity index is 1.18. The molecule has 4 nitrogen and oxygen atoms in total. The molecule has 2 aliphatic carbocycles. The minimum atomic E-state index is 0.445. The smallest absolute Gasteiger partial charge is 0.226 e. The van der Waals surface area contributed by atoms with Crippen molar-refractivity contribution in [3.63, 3.8) is 0 Å². The number of rotatable bonds is 4.